The summed E-state index contributed by atoms with van der Waals surface area (Å²) in [5.74, 6) is 0.451. The van der Waals surface area contributed by atoms with Crippen molar-refractivity contribution >= 4 is 18.3 Å². The van der Waals surface area contributed by atoms with Crippen LogP contribution in [0, 0.1) is 0 Å². The number of amides is 1. The van der Waals surface area contributed by atoms with Gasteiger partial charge in [0.05, 0.1) is 5.56 Å². The highest BCUT2D eigenvalue weighted by Crippen LogP contribution is 2.29. The van der Waals surface area contributed by atoms with Crippen molar-refractivity contribution in [2.75, 3.05) is 10.6 Å². The average molecular weight is 369 g/mol. The Balaban J connectivity index is 0.00000163. The summed E-state index contributed by atoms with van der Waals surface area (Å²) < 4.78 is 37.5. The van der Waals surface area contributed by atoms with Crippen LogP contribution in [0.5, 0.6) is 0 Å². The zero-order valence-electron chi connectivity index (χ0n) is 14.8. The van der Waals surface area contributed by atoms with Crippen LogP contribution >= 0.6 is 0 Å². The summed E-state index contributed by atoms with van der Waals surface area (Å²) in [6, 6.07) is 5.10. The molecule has 0 aliphatic carbocycles. The number of alkyl halides is 3. The lowest BCUT2D eigenvalue weighted by Gasteiger charge is -2.14. The Bertz CT molecular complexity index is 677. The molecule has 1 atom stereocenters. The van der Waals surface area contributed by atoms with Gasteiger partial charge in [-0.1, -0.05) is 26.0 Å². The van der Waals surface area contributed by atoms with E-state index in [1.807, 2.05) is 20.8 Å². The highest BCUT2D eigenvalue weighted by molar-refractivity contribution is 5.66. The predicted molar refractivity (Wildman–Crippen MR) is 93.7 cm³/mol. The number of anilines is 2. The molecule has 1 unspecified atom stereocenters. The van der Waals surface area contributed by atoms with Crippen molar-refractivity contribution in [2.45, 2.75) is 45.8 Å². The van der Waals surface area contributed by atoms with E-state index in [2.05, 4.69) is 25.6 Å². The van der Waals surface area contributed by atoms with Gasteiger partial charge >= 0.3 is 6.18 Å². The minimum atomic E-state index is -4.32. The maximum absolute atomic E-state index is 12.5. The van der Waals surface area contributed by atoms with Gasteiger partial charge in [-0.3, -0.25) is 10.1 Å². The maximum Gasteiger partial charge on any atom is 0.416 e. The van der Waals surface area contributed by atoms with Gasteiger partial charge < -0.3 is 5.32 Å². The zero-order valence-corrected chi connectivity index (χ0v) is 14.8. The molecule has 26 heavy (non-hydrogen) atoms. The quantitative estimate of drug-likeness (QED) is 0.723. The fourth-order valence-electron chi connectivity index (χ4n) is 2.02. The summed E-state index contributed by atoms with van der Waals surface area (Å²) in [7, 11) is 0. The first-order valence-corrected chi connectivity index (χ1v) is 8.20. The van der Waals surface area contributed by atoms with Gasteiger partial charge in [-0.15, -0.1) is 0 Å². The molecule has 0 fully saturated rings. The monoisotopic (exact) mass is 369 g/mol. The van der Waals surface area contributed by atoms with Crippen LogP contribution in [0.3, 0.4) is 0 Å². The van der Waals surface area contributed by atoms with Crippen molar-refractivity contribution in [3.8, 4) is 0 Å². The first-order chi connectivity index (χ1) is 12.4. The Kier molecular flexibility index (Phi) is 8.47. The number of rotatable bonds is 7. The molecule has 1 aromatic carbocycles. The summed E-state index contributed by atoms with van der Waals surface area (Å²) in [5.41, 5.74) is 0.161. The Morgan fingerprint density at radius 2 is 1.73 bits per heavy atom. The van der Waals surface area contributed by atoms with Crippen molar-refractivity contribution in [1.29, 1.82) is 0 Å². The van der Waals surface area contributed by atoms with E-state index in [1.54, 1.807) is 0 Å². The second kappa shape index (κ2) is 10.3. The van der Waals surface area contributed by atoms with E-state index < -0.39 is 11.7 Å². The van der Waals surface area contributed by atoms with Crippen LogP contribution in [0.25, 0.3) is 0 Å². The Labute approximate surface area is 150 Å². The number of nitrogens with one attached hydrogen (secondary N) is 2. The molecule has 2 rings (SSSR count). The molecule has 2 aromatic rings. The van der Waals surface area contributed by atoms with Gasteiger partial charge in [-0.25, -0.2) is 9.97 Å². The van der Waals surface area contributed by atoms with Crippen molar-refractivity contribution in [2.24, 2.45) is 0 Å². The van der Waals surface area contributed by atoms with Crippen molar-refractivity contribution in [3.63, 3.8) is 0 Å². The minimum absolute atomic E-state index is 0.0150. The average Bonchev–Trinajstić information content (AvgIpc) is 2.62. The topological polar surface area (TPSA) is 79.8 Å². The van der Waals surface area contributed by atoms with E-state index in [9.17, 15) is 18.0 Å². The molecule has 1 amide bonds. The van der Waals surface area contributed by atoms with Crippen LogP contribution in [0.2, 0.25) is 0 Å². The molecule has 0 saturated carbocycles. The molecule has 6 nitrogen and oxygen atoms in total. The minimum Gasteiger partial charge on any atom is -0.352 e. The molecule has 142 valence electrons. The first kappa shape index (κ1) is 21.3. The maximum atomic E-state index is 12.5. The predicted octanol–water partition coefficient (Wildman–Crippen LogP) is 3.92. The third kappa shape index (κ3) is 7.04. The Hall–Kier alpha value is -2.71. The summed E-state index contributed by atoms with van der Waals surface area (Å²) in [4.78, 5) is 22.0. The standard InChI is InChI=1S/C15H16F3N5O.C2H6/c1-10(22-14-20-8-19-13(23-14)21-9-24)2-3-11-4-6-12(7-5-11)15(16,17)18;1-2/h4-10H,2-3H2,1H3,(H2,19,20,21,22,23,24);1-2H3. The van der Waals surface area contributed by atoms with Crippen molar-refractivity contribution in [1.82, 2.24) is 15.0 Å². The second-order valence-electron chi connectivity index (χ2n) is 5.17. The summed E-state index contributed by atoms with van der Waals surface area (Å²) >= 11 is 0. The largest absolute Gasteiger partial charge is 0.416 e. The van der Waals surface area contributed by atoms with Gasteiger partial charge in [-0.05, 0) is 37.5 Å². The zero-order chi connectivity index (χ0) is 19.6. The third-order valence-electron chi connectivity index (χ3n) is 3.28. The molecule has 1 heterocycles. The fraction of sp³-hybridized carbons (Fsp3) is 0.412. The number of aromatic nitrogens is 3. The number of halogens is 3. The lowest BCUT2D eigenvalue weighted by atomic mass is 10.0. The number of nitrogens with zero attached hydrogens (tertiary/aromatic N) is 3. The Morgan fingerprint density at radius 3 is 2.31 bits per heavy atom. The van der Waals surface area contributed by atoms with Gasteiger partial charge in [0, 0.05) is 6.04 Å². The SMILES string of the molecule is CC.CC(CCc1ccc(C(F)(F)F)cc1)Nc1ncnc(NC=O)n1. The highest BCUT2D eigenvalue weighted by Gasteiger charge is 2.29. The number of hydrogen-bond donors (Lipinski definition) is 2. The van der Waals surface area contributed by atoms with Crippen LogP contribution in [0.15, 0.2) is 30.6 Å². The normalized spacial score (nSPS) is 11.8. The number of benzene rings is 1. The smallest absolute Gasteiger partial charge is 0.352 e. The second-order valence-corrected chi connectivity index (χ2v) is 5.17. The summed E-state index contributed by atoms with van der Waals surface area (Å²) in [6.45, 7) is 5.90. The van der Waals surface area contributed by atoms with Gasteiger partial charge in [0.2, 0.25) is 18.3 Å². The molecule has 0 spiro atoms. The molecule has 9 heteroatoms. The highest BCUT2D eigenvalue weighted by atomic mass is 19.4. The Morgan fingerprint density at radius 1 is 1.12 bits per heavy atom. The van der Waals surface area contributed by atoms with E-state index in [0.29, 0.717) is 25.2 Å². The number of hydrogen-bond acceptors (Lipinski definition) is 5. The molecular formula is C17H22F3N5O. The van der Waals surface area contributed by atoms with E-state index in [4.69, 9.17) is 0 Å². The van der Waals surface area contributed by atoms with Crippen molar-refractivity contribution in [3.05, 3.63) is 41.7 Å². The van der Waals surface area contributed by atoms with Crippen LogP contribution in [0.4, 0.5) is 25.1 Å². The molecule has 0 aliphatic rings. The molecular weight excluding hydrogens is 347 g/mol. The lowest BCUT2D eigenvalue weighted by Crippen LogP contribution is -2.18. The molecule has 0 aliphatic heterocycles. The summed E-state index contributed by atoms with van der Waals surface area (Å²) in [6.07, 6.45) is -1.31. The van der Waals surface area contributed by atoms with E-state index in [0.717, 1.165) is 17.7 Å². The fourth-order valence-corrected chi connectivity index (χ4v) is 2.02. The van der Waals surface area contributed by atoms with Crippen LogP contribution in [-0.2, 0) is 17.4 Å². The van der Waals surface area contributed by atoms with Crippen molar-refractivity contribution < 1.29 is 18.0 Å². The van der Waals surface area contributed by atoms with Gasteiger partial charge in [0.25, 0.3) is 0 Å². The van der Waals surface area contributed by atoms with Gasteiger partial charge in [0.1, 0.15) is 6.33 Å². The van der Waals surface area contributed by atoms with E-state index >= 15 is 0 Å². The first-order valence-electron chi connectivity index (χ1n) is 8.20. The van der Waals surface area contributed by atoms with Crippen LogP contribution in [0.1, 0.15) is 38.3 Å². The van der Waals surface area contributed by atoms with Gasteiger partial charge in [0.15, 0.2) is 0 Å². The molecule has 2 N–H and O–H groups in total. The van der Waals surface area contributed by atoms with Crippen LogP contribution in [-0.4, -0.2) is 27.4 Å². The van der Waals surface area contributed by atoms with Gasteiger partial charge in [-0.2, -0.15) is 18.2 Å². The molecule has 0 bridgehead atoms. The number of carbonyl (C=O) groups excluding carboxylic acids is 1. The van der Waals surface area contributed by atoms with E-state index in [-0.39, 0.29) is 12.0 Å². The number of aryl methyl sites for hydroxylation is 1. The number of carbonyl (C=O) groups is 1. The molecule has 1 aromatic heterocycles. The summed E-state index contributed by atoms with van der Waals surface area (Å²) in [5, 5.41) is 5.37. The molecule has 0 radical (unpaired) electrons. The third-order valence-corrected chi connectivity index (χ3v) is 3.28. The molecule has 0 saturated heterocycles. The van der Waals surface area contributed by atoms with E-state index in [1.165, 1.54) is 18.5 Å². The lowest BCUT2D eigenvalue weighted by molar-refractivity contribution is -0.137. The van der Waals surface area contributed by atoms with Crippen LogP contribution < -0.4 is 10.6 Å².